The van der Waals surface area contributed by atoms with E-state index >= 15 is 0 Å². The van der Waals surface area contributed by atoms with Crippen LogP contribution in [-0.2, 0) is 28.6 Å². The Morgan fingerprint density at radius 1 is 0.742 bits per heavy atom. The molecule has 0 amide bonds. The second kappa shape index (κ2) is 11.1. The first-order chi connectivity index (χ1) is 13.8. The summed E-state index contributed by atoms with van der Waals surface area (Å²) in [6.45, 7) is 9.05. The summed E-state index contributed by atoms with van der Waals surface area (Å²) >= 11 is 0. The smallest absolute Gasteiger partial charge is 0.456 e. The number of carbonyl (C=O) groups excluding carboxylic acids is 3. The van der Waals surface area contributed by atoms with Gasteiger partial charge in [-0.2, -0.15) is 22.0 Å². The number of esters is 3. The zero-order valence-corrected chi connectivity index (χ0v) is 18.7. The number of halogens is 5. The van der Waals surface area contributed by atoms with Crippen molar-refractivity contribution in [1.82, 2.24) is 0 Å². The Morgan fingerprint density at radius 3 is 1.61 bits per heavy atom. The Morgan fingerprint density at radius 2 is 1.19 bits per heavy atom. The molecule has 31 heavy (non-hydrogen) atoms. The summed E-state index contributed by atoms with van der Waals surface area (Å²) in [6.07, 6.45) is -6.57. The fourth-order valence-corrected chi connectivity index (χ4v) is 2.36. The molecule has 0 heterocycles. The predicted molar refractivity (Wildman–Crippen MR) is 100 cm³/mol. The van der Waals surface area contributed by atoms with Crippen LogP contribution < -0.4 is 0 Å². The second-order valence-electron chi connectivity index (χ2n) is 9.43. The molecule has 0 rings (SSSR count). The highest BCUT2D eigenvalue weighted by molar-refractivity contribution is 5.77. The van der Waals surface area contributed by atoms with Crippen LogP contribution in [0.2, 0.25) is 0 Å². The minimum atomic E-state index is -5.84. The number of hydrogen-bond acceptors (Lipinski definition) is 6. The Labute approximate surface area is 178 Å². The number of ether oxygens (including phenoxy) is 3. The summed E-state index contributed by atoms with van der Waals surface area (Å²) in [5.41, 5.74) is -0.452. The lowest BCUT2D eigenvalue weighted by molar-refractivity contribution is -0.294. The molecule has 11 heteroatoms. The molecule has 6 nitrogen and oxygen atoms in total. The normalized spacial score (nSPS) is 14.0. The Hall–Kier alpha value is -1.94. The molecule has 0 aliphatic carbocycles. The van der Waals surface area contributed by atoms with Gasteiger partial charge in [0.1, 0.15) is 13.2 Å². The summed E-state index contributed by atoms with van der Waals surface area (Å²) in [4.78, 5) is 35.1. The average molecular weight is 462 g/mol. The van der Waals surface area contributed by atoms with Crippen molar-refractivity contribution in [3.8, 4) is 0 Å². The van der Waals surface area contributed by atoms with Gasteiger partial charge in [-0.1, -0.05) is 41.5 Å². The van der Waals surface area contributed by atoms with Gasteiger partial charge in [0.25, 0.3) is 0 Å². The molecule has 0 fully saturated rings. The summed E-state index contributed by atoms with van der Waals surface area (Å²) in [7, 11) is 0. The zero-order chi connectivity index (χ0) is 24.7. The molecule has 0 saturated carbocycles. The molecule has 0 spiro atoms. The van der Waals surface area contributed by atoms with Crippen LogP contribution in [0.1, 0.15) is 60.8 Å². The van der Waals surface area contributed by atoms with Gasteiger partial charge in [0.05, 0.1) is 18.8 Å². The SMILES string of the molecule is CC(C)(C)CC(C(=O)OCCOC(=O)CCC(=O)OCC(F)(F)C(F)(F)F)C(C)(C)C. The van der Waals surface area contributed by atoms with E-state index in [0.29, 0.717) is 6.42 Å². The van der Waals surface area contributed by atoms with E-state index in [9.17, 15) is 36.3 Å². The fraction of sp³-hybridized carbons (Fsp3) is 0.850. The highest BCUT2D eigenvalue weighted by Crippen LogP contribution is 2.37. The topological polar surface area (TPSA) is 78.9 Å². The third-order valence-electron chi connectivity index (χ3n) is 4.10. The highest BCUT2D eigenvalue weighted by atomic mass is 19.4. The summed E-state index contributed by atoms with van der Waals surface area (Å²) in [5.74, 6) is -8.31. The van der Waals surface area contributed by atoms with Crippen LogP contribution >= 0.6 is 0 Å². The zero-order valence-electron chi connectivity index (χ0n) is 18.7. The van der Waals surface area contributed by atoms with Crippen molar-refractivity contribution >= 4 is 17.9 Å². The van der Waals surface area contributed by atoms with Crippen molar-refractivity contribution < 1.29 is 50.5 Å². The van der Waals surface area contributed by atoms with E-state index in [-0.39, 0.29) is 30.0 Å². The quantitative estimate of drug-likeness (QED) is 0.203. The van der Waals surface area contributed by atoms with Crippen LogP contribution in [0.15, 0.2) is 0 Å². The van der Waals surface area contributed by atoms with Crippen LogP contribution in [-0.4, -0.2) is 49.8 Å². The molecule has 0 aliphatic rings. The van der Waals surface area contributed by atoms with Gasteiger partial charge in [0.2, 0.25) is 0 Å². The van der Waals surface area contributed by atoms with E-state index in [1.807, 2.05) is 41.5 Å². The first-order valence-corrected chi connectivity index (χ1v) is 9.69. The molecule has 0 aliphatic heterocycles. The van der Waals surface area contributed by atoms with Gasteiger partial charge >= 0.3 is 30.0 Å². The maximum Gasteiger partial charge on any atom is 0.456 e. The monoisotopic (exact) mass is 462 g/mol. The van der Waals surface area contributed by atoms with Gasteiger partial charge in [-0.3, -0.25) is 14.4 Å². The van der Waals surface area contributed by atoms with E-state index in [0.717, 1.165) is 0 Å². The van der Waals surface area contributed by atoms with Crippen molar-refractivity contribution in [3.05, 3.63) is 0 Å². The molecule has 1 unspecified atom stereocenters. The van der Waals surface area contributed by atoms with Gasteiger partial charge in [0, 0.05) is 0 Å². The Kier molecular flexibility index (Phi) is 10.4. The first kappa shape index (κ1) is 29.1. The third-order valence-corrected chi connectivity index (χ3v) is 4.10. The van der Waals surface area contributed by atoms with Crippen molar-refractivity contribution in [1.29, 1.82) is 0 Å². The number of hydrogen-bond donors (Lipinski definition) is 0. The molecular weight excluding hydrogens is 431 g/mol. The second-order valence-corrected chi connectivity index (χ2v) is 9.43. The van der Waals surface area contributed by atoms with Crippen LogP contribution in [0.3, 0.4) is 0 Å². The van der Waals surface area contributed by atoms with Crippen molar-refractivity contribution in [3.63, 3.8) is 0 Å². The first-order valence-electron chi connectivity index (χ1n) is 9.69. The summed E-state index contributed by atoms with van der Waals surface area (Å²) < 4.78 is 75.0. The molecule has 182 valence electrons. The standard InChI is InChI=1S/C20H31F5O6/c1-17(2,3)11-13(18(4,5)6)16(28)30-10-9-29-14(26)7-8-15(27)31-12-19(21,22)20(23,24)25/h13H,7-12H2,1-6H3. The van der Waals surface area contributed by atoms with Gasteiger partial charge in [-0.25, -0.2) is 0 Å². The molecule has 0 aromatic rings. The Balaban J connectivity index is 4.29. The lowest BCUT2D eigenvalue weighted by Crippen LogP contribution is -2.41. The van der Waals surface area contributed by atoms with E-state index in [2.05, 4.69) is 4.74 Å². The van der Waals surface area contributed by atoms with Crippen molar-refractivity contribution in [2.75, 3.05) is 19.8 Å². The summed E-state index contributed by atoms with van der Waals surface area (Å²) in [5, 5.41) is 0. The van der Waals surface area contributed by atoms with Gasteiger partial charge < -0.3 is 14.2 Å². The predicted octanol–water partition coefficient (Wildman–Crippen LogP) is 4.69. The maximum absolute atomic E-state index is 12.6. The largest absolute Gasteiger partial charge is 0.462 e. The van der Waals surface area contributed by atoms with E-state index < -0.39 is 49.5 Å². The lowest BCUT2D eigenvalue weighted by Gasteiger charge is -2.33. The number of alkyl halides is 5. The average Bonchev–Trinajstić information content (AvgIpc) is 2.57. The van der Waals surface area contributed by atoms with Crippen LogP contribution in [0.5, 0.6) is 0 Å². The Bertz CT molecular complexity index is 617. The molecule has 0 aromatic heterocycles. The molecule has 1 atom stereocenters. The molecule has 0 N–H and O–H groups in total. The minimum absolute atomic E-state index is 0.109. The van der Waals surface area contributed by atoms with Crippen LogP contribution in [0.4, 0.5) is 22.0 Å². The third kappa shape index (κ3) is 11.9. The van der Waals surface area contributed by atoms with Gasteiger partial charge in [0.15, 0.2) is 6.61 Å². The lowest BCUT2D eigenvalue weighted by atomic mass is 9.72. The molecule has 0 aromatic carbocycles. The fourth-order valence-electron chi connectivity index (χ4n) is 2.36. The van der Waals surface area contributed by atoms with E-state index in [1.54, 1.807) is 0 Å². The van der Waals surface area contributed by atoms with Crippen LogP contribution in [0, 0.1) is 16.7 Å². The van der Waals surface area contributed by atoms with Crippen molar-refractivity contribution in [2.24, 2.45) is 16.7 Å². The number of carbonyl (C=O) groups is 3. The molecule has 0 radical (unpaired) electrons. The van der Waals surface area contributed by atoms with Crippen molar-refractivity contribution in [2.45, 2.75) is 72.9 Å². The van der Waals surface area contributed by atoms with Gasteiger partial charge in [-0.15, -0.1) is 0 Å². The van der Waals surface area contributed by atoms with E-state index in [1.165, 1.54) is 0 Å². The van der Waals surface area contributed by atoms with Gasteiger partial charge in [-0.05, 0) is 17.3 Å². The van der Waals surface area contributed by atoms with E-state index in [4.69, 9.17) is 9.47 Å². The maximum atomic E-state index is 12.6. The molecule has 0 bridgehead atoms. The minimum Gasteiger partial charge on any atom is -0.462 e. The number of rotatable bonds is 10. The molecular formula is C20H31F5O6. The molecule has 0 saturated heterocycles. The van der Waals surface area contributed by atoms with Crippen LogP contribution in [0.25, 0.3) is 0 Å². The summed E-state index contributed by atoms with van der Waals surface area (Å²) in [6, 6.07) is 0. The highest BCUT2D eigenvalue weighted by Gasteiger charge is 2.58.